The van der Waals surface area contributed by atoms with Gasteiger partial charge in [-0.1, -0.05) is 54.6 Å². The van der Waals surface area contributed by atoms with Gasteiger partial charge in [0.2, 0.25) is 0 Å². The van der Waals surface area contributed by atoms with Gasteiger partial charge in [0.05, 0.1) is 0 Å². The van der Waals surface area contributed by atoms with E-state index in [4.69, 9.17) is 0 Å². The van der Waals surface area contributed by atoms with Crippen molar-refractivity contribution in [1.29, 1.82) is 0 Å². The summed E-state index contributed by atoms with van der Waals surface area (Å²) < 4.78 is 0. The Labute approximate surface area is 203 Å². The summed E-state index contributed by atoms with van der Waals surface area (Å²) in [5.41, 5.74) is 6.55. The van der Waals surface area contributed by atoms with Crippen molar-refractivity contribution in [2.45, 2.75) is 6.42 Å². The van der Waals surface area contributed by atoms with Crippen LogP contribution in [0.3, 0.4) is 0 Å². The zero-order valence-electron chi connectivity index (χ0n) is 17.5. The minimum Gasteiger partial charge on any atom is -0.305 e. The maximum absolute atomic E-state index is 4.51. The Morgan fingerprint density at radius 1 is 0.531 bits per heavy atom. The van der Waals surface area contributed by atoms with Gasteiger partial charge in [-0.15, -0.1) is 71.8 Å². The zero-order chi connectivity index (χ0) is 21.1. The van der Waals surface area contributed by atoms with Crippen LogP contribution in [0.25, 0.3) is 22.5 Å². The van der Waals surface area contributed by atoms with Crippen LogP contribution in [0.4, 0.5) is 0 Å². The van der Waals surface area contributed by atoms with E-state index in [1.165, 1.54) is 11.1 Å². The van der Waals surface area contributed by atoms with E-state index < -0.39 is 0 Å². The topological polar surface area (TPSA) is 25.8 Å². The molecule has 2 nitrogen and oxygen atoms in total. The van der Waals surface area contributed by atoms with E-state index >= 15 is 0 Å². The Morgan fingerprint density at radius 2 is 1.16 bits per heavy atom. The van der Waals surface area contributed by atoms with E-state index in [1.54, 1.807) is 6.20 Å². The molecular weight excluding hydrogens is 569 g/mol. The number of nitrogens with zero attached hydrogens (tertiary/aromatic N) is 2. The fourth-order valence-corrected chi connectivity index (χ4v) is 3.15. The summed E-state index contributed by atoms with van der Waals surface area (Å²) in [7, 11) is 0. The fraction of sp³-hybridized carbons (Fsp3) is 0.0345. The van der Waals surface area contributed by atoms with E-state index in [2.05, 4.69) is 58.5 Å². The summed E-state index contributed by atoms with van der Waals surface area (Å²) in [6.45, 7) is 0. The maximum Gasteiger partial charge on any atom is 0.0196 e. The van der Waals surface area contributed by atoms with Gasteiger partial charge in [0, 0.05) is 32.5 Å². The second kappa shape index (κ2) is 12.5. The molecule has 0 aliphatic heterocycles. The average molecular weight is 591 g/mol. The molecule has 0 unspecified atom stereocenters. The van der Waals surface area contributed by atoms with Crippen molar-refractivity contribution in [3.05, 3.63) is 145 Å². The van der Waals surface area contributed by atoms with Crippen molar-refractivity contribution in [2.24, 2.45) is 0 Å². The van der Waals surface area contributed by atoms with Gasteiger partial charge in [-0.05, 0) is 35.0 Å². The molecule has 5 aromatic rings. The molecule has 2 aromatic heterocycles. The van der Waals surface area contributed by atoms with Crippen LogP contribution in [0.15, 0.2) is 122 Å². The molecule has 0 fully saturated rings. The molecule has 0 aliphatic rings. The first-order valence-electron chi connectivity index (χ1n) is 10.2. The molecule has 0 atom stereocenters. The van der Waals surface area contributed by atoms with Crippen molar-refractivity contribution in [2.75, 3.05) is 0 Å². The van der Waals surface area contributed by atoms with E-state index in [0.717, 1.165) is 28.9 Å². The summed E-state index contributed by atoms with van der Waals surface area (Å²) >= 11 is 0. The van der Waals surface area contributed by atoms with E-state index in [-0.39, 0.29) is 20.1 Å². The summed E-state index contributed by atoms with van der Waals surface area (Å²) in [5.74, 6) is 0. The molecule has 0 amide bonds. The van der Waals surface area contributed by atoms with Crippen LogP contribution in [0.2, 0.25) is 0 Å². The molecule has 5 rings (SSSR count). The molecule has 0 N–H and O–H groups in total. The van der Waals surface area contributed by atoms with Crippen molar-refractivity contribution in [1.82, 2.24) is 9.97 Å². The number of benzene rings is 3. The van der Waals surface area contributed by atoms with Gasteiger partial charge in [0.15, 0.2) is 0 Å². The molecule has 2 heterocycles. The fourth-order valence-electron chi connectivity index (χ4n) is 3.15. The molecule has 0 saturated heterocycles. The number of aromatic nitrogens is 2. The summed E-state index contributed by atoms with van der Waals surface area (Å²) in [6.07, 6.45) is 4.66. The van der Waals surface area contributed by atoms with Crippen LogP contribution >= 0.6 is 0 Å². The van der Waals surface area contributed by atoms with E-state index in [0.29, 0.717) is 0 Å². The standard InChI is InChI=1S/C18H14N.C11H8N.Ir/c1-3-7-15(8-4-1)13-16-11-12-18(19-14-16)17-9-5-2-6-10-17;1-2-6-10(7-3-1)11-8-4-5-9-12-11;/h1-9,11-12,14H,13H2;1-6,8-9H;/q2*-1;. The first kappa shape index (κ1) is 23.3. The van der Waals surface area contributed by atoms with Gasteiger partial charge < -0.3 is 9.97 Å². The molecule has 0 bridgehead atoms. The minimum absolute atomic E-state index is 0. The van der Waals surface area contributed by atoms with E-state index in [1.807, 2.05) is 79.0 Å². The Balaban J connectivity index is 0.000000193. The van der Waals surface area contributed by atoms with Gasteiger partial charge >= 0.3 is 0 Å². The third-order valence-electron chi connectivity index (χ3n) is 4.71. The predicted octanol–water partition coefficient (Wildman–Crippen LogP) is 6.69. The predicted molar refractivity (Wildman–Crippen MR) is 126 cm³/mol. The normalized spacial score (nSPS) is 9.75. The van der Waals surface area contributed by atoms with Crippen molar-refractivity contribution >= 4 is 0 Å². The Bertz CT molecular complexity index is 1120. The van der Waals surface area contributed by atoms with Crippen molar-refractivity contribution < 1.29 is 20.1 Å². The third kappa shape index (κ3) is 6.81. The summed E-state index contributed by atoms with van der Waals surface area (Å²) in [6, 6.07) is 42.6. The van der Waals surface area contributed by atoms with Gasteiger partial charge in [0.25, 0.3) is 0 Å². The monoisotopic (exact) mass is 591 g/mol. The molecule has 1 radical (unpaired) electrons. The maximum atomic E-state index is 4.51. The largest absolute Gasteiger partial charge is 0.305 e. The molecular formula is C29H22IrN2-2. The van der Waals surface area contributed by atoms with Crippen molar-refractivity contribution in [3.63, 3.8) is 0 Å². The number of pyridine rings is 2. The van der Waals surface area contributed by atoms with Crippen molar-refractivity contribution in [3.8, 4) is 22.5 Å². The summed E-state index contributed by atoms with van der Waals surface area (Å²) in [4.78, 5) is 8.73. The molecule has 0 aliphatic carbocycles. The van der Waals surface area contributed by atoms with Crippen LogP contribution in [-0.2, 0) is 26.5 Å². The molecule has 3 aromatic carbocycles. The van der Waals surface area contributed by atoms with Crippen LogP contribution in [0.1, 0.15) is 11.1 Å². The van der Waals surface area contributed by atoms with Gasteiger partial charge in [-0.25, -0.2) is 0 Å². The zero-order valence-corrected chi connectivity index (χ0v) is 19.9. The third-order valence-corrected chi connectivity index (χ3v) is 4.71. The van der Waals surface area contributed by atoms with Crippen LogP contribution in [0, 0.1) is 12.1 Å². The SMILES string of the molecule is [Ir].[c-]1ccccc1-c1ccc(Cc2ccccc2)cn1.[c-]1ccccc1-c1ccccn1. The van der Waals surface area contributed by atoms with Crippen LogP contribution in [-0.4, -0.2) is 9.97 Å². The molecule has 0 saturated carbocycles. The van der Waals surface area contributed by atoms with E-state index in [9.17, 15) is 0 Å². The first-order valence-corrected chi connectivity index (χ1v) is 10.2. The number of hydrogen-bond donors (Lipinski definition) is 0. The minimum atomic E-state index is 0. The van der Waals surface area contributed by atoms with Gasteiger partial charge in [-0.3, -0.25) is 0 Å². The van der Waals surface area contributed by atoms with Gasteiger partial charge in [-0.2, -0.15) is 0 Å². The van der Waals surface area contributed by atoms with Crippen LogP contribution < -0.4 is 0 Å². The summed E-state index contributed by atoms with van der Waals surface area (Å²) in [5, 5.41) is 0. The first-order chi connectivity index (χ1) is 15.4. The molecule has 3 heteroatoms. The second-order valence-electron chi connectivity index (χ2n) is 6.98. The Hall–Kier alpha value is -3.39. The molecule has 159 valence electrons. The smallest absolute Gasteiger partial charge is 0.0196 e. The van der Waals surface area contributed by atoms with Crippen LogP contribution in [0.5, 0.6) is 0 Å². The Morgan fingerprint density at radius 3 is 1.69 bits per heavy atom. The number of rotatable bonds is 4. The quantitative estimate of drug-likeness (QED) is 0.218. The molecule has 32 heavy (non-hydrogen) atoms. The number of hydrogen-bond acceptors (Lipinski definition) is 2. The Kier molecular flexibility index (Phi) is 9.06. The molecule has 0 spiro atoms. The second-order valence-corrected chi connectivity index (χ2v) is 6.98. The average Bonchev–Trinajstić information content (AvgIpc) is 2.87. The van der Waals surface area contributed by atoms with Gasteiger partial charge in [0.1, 0.15) is 0 Å².